The van der Waals surface area contributed by atoms with E-state index in [2.05, 4.69) is 33.8 Å². The summed E-state index contributed by atoms with van der Waals surface area (Å²) in [7, 11) is 12.7. The van der Waals surface area contributed by atoms with Gasteiger partial charge in [-0.1, -0.05) is 51.0 Å². The van der Waals surface area contributed by atoms with E-state index in [1.165, 1.54) is 19.3 Å². The lowest BCUT2D eigenvalue weighted by Gasteiger charge is -2.47. The lowest BCUT2D eigenvalue weighted by Crippen LogP contribution is -2.37. The van der Waals surface area contributed by atoms with Crippen LogP contribution in [-0.2, 0) is 0 Å². The summed E-state index contributed by atoms with van der Waals surface area (Å²) >= 11 is 0. The van der Waals surface area contributed by atoms with E-state index in [9.17, 15) is 0 Å². The van der Waals surface area contributed by atoms with Gasteiger partial charge in [0.15, 0.2) is 0 Å². The Bertz CT molecular complexity index is 258. The normalized spacial score (nSPS) is 23.0. The third-order valence-corrected chi connectivity index (χ3v) is 4.05. The molecule has 0 amide bonds. The van der Waals surface area contributed by atoms with Crippen molar-refractivity contribution in [2.45, 2.75) is 65.0 Å². The fourth-order valence-electron chi connectivity index (χ4n) is 2.48. The Morgan fingerprint density at radius 1 is 1.31 bits per heavy atom. The van der Waals surface area contributed by atoms with Gasteiger partial charge in [0.25, 0.3) is 0 Å². The summed E-state index contributed by atoms with van der Waals surface area (Å²) < 4.78 is 0. The second kappa shape index (κ2) is 5.02. The van der Waals surface area contributed by atoms with Crippen molar-refractivity contribution in [3.63, 3.8) is 0 Å². The van der Waals surface area contributed by atoms with E-state index in [-0.39, 0.29) is 5.41 Å². The summed E-state index contributed by atoms with van der Waals surface area (Å²) in [4.78, 5) is 0. The maximum Gasteiger partial charge on any atom is 0.0631 e. The van der Waals surface area contributed by atoms with Crippen molar-refractivity contribution >= 4 is 15.7 Å². The van der Waals surface area contributed by atoms with E-state index >= 15 is 0 Å². The molecular weight excluding hydrogens is 190 g/mol. The molecule has 0 aromatic heterocycles. The van der Waals surface area contributed by atoms with Crippen molar-refractivity contribution in [3.05, 3.63) is 11.6 Å². The van der Waals surface area contributed by atoms with Crippen molar-refractivity contribution in [1.82, 2.24) is 0 Å². The van der Waals surface area contributed by atoms with Crippen LogP contribution in [0.2, 0.25) is 5.21 Å². The summed E-state index contributed by atoms with van der Waals surface area (Å²) in [5, 5.41) is -0.554. The largest absolute Gasteiger partial charge is 0.0913 e. The molecule has 1 rings (SSSR count). The first-order chi connectivity index (χ1) is 7.29. The zero-order valence-electron chi connectivity index (χ0n) is 11.3. The molecule has 0 fully saturated rings. The topological polar surface area (TPSA) is 0 Å². The standard InChI is InChI=1S/C14H24B2/c1-5-6-11-7-9-12(10-8-11)14(15,16)13(2,3)4/h7,12H,5-6,8-10H2,1-4H3. The summed E-state index contributed by atoms with van der Waals surface area (Å²) in [6.45, 7) is 8.65. The molecule has 0 nitrogen and oxygen atoms in total. The molecule has 16 heavy (non-hydrogen) atoms. The minimum absolute atomic E-state index is 0.0340. The van der Waals surface area contributed by atoms with Crippen LogP contribution < -0.4 is 0 Å². The average Bonchev–Trinajstić information content (AvgIpc) is 2.17. The Hall–Kier alpha value is -0.130. The predicted molar refractivity (Wildman–Crippen MR) is 74.0 cm³/mol. The van der Waals surface area contributed by atoms with Crippen molar-refractivity contribution in [3.8, 4) is 0 Å². The van der Waals surface area contributed by atoms with Gasteiger partial charge in [-0.2, -0.15) is 0 Å². The van der Waals surface area contributed by atoms with E-state index in [1.807, 2.05) is 0 Å². The number of hydrogen-bond donors (Lipinski definition) is 0. The van der Waals surface area contributed by atoms with Gasteiger partial charge in [-0.25, -0.2) is 0 Å². The van der Waals surface area contributed by atoms with Crippen LogP contribution in [0.3, 0.4) is 0 Å². The van der Waals surface area contributed by atoms with Gasteiger partial charge in [-0.05, 0) is 37.0 Å². The molecule has 0 aliphatic heterocycles. The van der Waals surface area contributed by atoms with Gasteiger partial charge in [0.2, 0.25) is 0 Å². The molecule has 1 unspecified atom stereocenters. The minimum Gasteiger partial charge on any atom is -0.0913 e. The Labute approximate surface area is 104 Å². The smallest absolute Gasteiger partial charge is 0.0631 e. The zero-order valence-corrected chi connectivity index (χ0v) is 11.3. The predicted octanol–water partition coefficient (Wildman–Crippen LogP) is 4.01. The third kappa shape index (κ3) is 2.96. The van der Waals surface area contributed by atoms with Crippen molar-refractivity contribution in [1.29, 1.82) is 0 Å². The quantitative estimate of drug-likeness (QED) is 0.491. The SMILES string of the molecule is [B]C([B])(C1CC=C(CCC)CC1)C(C)(C)C. The van der Waals surface area contributed by atoms with E-state index in [0.29, 0.717) is 5.92 Å². The number of hydrogen-bond acceptors (Lipinski definition) is 0. The molecule has 1 aliphatic rings. The molecule has 86 valence electrons. The lowest BCUT2D eigenvalue weighted by atomic mass is 9.37. The monoisotopic (exact) mass is 214 g/mol. The highest BCUT2D eigenvalue weighted by Crippen LogP contribution is 2.50. The molecule has 0 saturated carbocycles. The molecule has 1 atom stereocenters. The van der Waals surface area contributed by atoms with Gasteiger partial charge in [-0.3, -0.25) is 0 Å². The number of allylic oxidation sites excluding steroid dienone is 2. The number of rotatable bonds is 3. The summed E-state index contributed by atoms with van der Waals surface area (Å²) in [6, 6.07) is 0. The van der Waals surface area contributed by atoms with E-state index in [4.69, 9.17) is 15.7 Å². The first kappa shape index (κ1) is 13.9. The highest BCUT2D eigenvalue weighted by molar-refractivity contribution is 6.40. The molecular formula is C14H24B2. The highest BCUT2D eigenvalue weighted by Gasteiger charge is 2.38. The van der Waals surface area contributed by atoms with Crippen LogP contribution in [0.5, 0.6) is 0 Å². The van der Waals surface area contributed by atoms with Gasteiger partial charge < -0.3 is 0 Å². The second-order valence-corrected chi connectivity index (χ2v) is 6.27. The lowest BCUT2D eigenvalue weighted by molar-refractivity contribution is 0.242. The van der Waals surface area contributed by atoms with Crippen LogP contribution >= 0.6 is 0 Å². The fourth-order valence-corrected chi connectivity index (χ4v) is 2.48. The maximum absolute atomic E-state index is 6.34. The molecule has 0 aromatic carbocycles. The molecule has 1 aliphatic carbocycles. The molecule has 0 aromatic rings. The van der Waals surface area contributed by atoms with Crippen LogP contribution in [0.4, 0.5) is 0 Å². The first-order valence-electron chi connectivity index (χ1n) is 6.54. The van der Waals surface area contributed by atoms with Gasteiger partial charge in [0, 0.05) is 0 Å². The van der Waals surface area contributed by atoms with Crippen molar-refractivity contribution < 1.29 is 0 Å². The molecule has 2 heteroatoms. The highest BCUT2D eigenvalue weighted by atomic mass is 14.4. The molecule has 0 saturated heterocycles. The van der Waals surface area contributed by atoms with Crippen LogP contribution in [0, 0.1) is 11.3 Å². The summed E-state index contributed by atoms with van der Waals surface area (Å²) in [5.74, 6) is 0.424. The molecule has 0 heterocycles. The Balaban J connectivity index is 2.66. The summed E-state index contributed by atoms with van der Waals surface area (Å²) in [6.07, 6.45) is 8.24. The fraction of sp³-hybridized carbons (Fsp3) is 0.857. The second-order valence-electron chi connectivity index (χ2n) is 6.27. The van der Waals surface area contributed by atoms with Crippen molar-refractivity contribution in [2.24, 2.45) is 11.3 Å². The van der Waals surface area contributed by atoms with Gasteiger partial charge >= 0.3 is 0 Å². The Morgan fingerprint density at radius 2 is 1.94 bits per heavy atom. The van der Waals surface area contributed by atoms with E-state index < -0.39 is 5.21 Å². The summed E-state index contributed by atoms with van der Waals surface area (Å²) in [5.41, 5.74) is 1.57. The van der Waals surface area contributed by atoms with Crippen LogP contribution in [0.1, 0.15) is 59.8 Å². The third-order valence-electron chi connectivity index (χ3n) is 4.05. The molecule has 0 spiro atoms. The van der Waals surface area contributed by atoms with Gasteiger partial charge in [-0.15, -0.1) is 0 Å². The van der Waals surface area contributed by atoms with Gasteiger partial charge in [0.1, 0.15) is 0 Å². The Kier molecular flexibility index (Phi) is 4.37. The molecule has 4 radical (unpaired) electrons. The van der Waals surface area contributed by atoms with Crippen LogP contribution in [0.15, 0.2) is 11.6 Å². The molecule has 0 N–H and O–H groups in total. The maximum atomic E-state index is 6.34. The first-order valence-corrected chi connectivity index (χ1v) is 6.54. The van der Waals surface area contributed by atoms with Crippen molar-refractivity contribution in [2.75, 3.05) is 0 Å². The Morgan fingerprint density at radius 3 is 2.31 bits per heavy atom. The van der Waals surface area contributed by atoms with Crippen LogP contribution in [-0.4, -0.2) is 15.7 Å². The van der Waals surface area contributed by atoms with Gasteiger partial charge in [0.05, 0.1) is 15.7 Å². The average molecular weight is 214 g/mol. The van der Waals surface area contributed by atoms with E-state index in [1.54, 1.807) is 5.57 Å². The molecule has 0 bridgehead atoms. The van der Waals surface area contributed by atoms with E-state index in [0.717, 1.165) is 12.8 Å². The van der Waals surface area contributed by atoms with Crippen LogP contribution in [0.25, 0.3) is 0 Å². The minimum atomic E-state index is -0.554. The zero-order chi connectivity index (χ0) is 12.4.